The first-order valence-electron chi connectivity index (χ1n) is 10.7. The summed E-state index contributed by atoms with van der Waals surface area (Å²) in [7, 11) is -1.26. The topological polar surface area (TPSA) is 85.3 Å². The summed E-state index contributed by atoms with van der Waals surface area (Å²) in [4.78, 5) is 15.1. The standard InChI is InChI=1S/C24H28N4O3S/c1-4-17-12-26-24(27-13-17)28(2)15-20-11-21(20)16-31-22-8-5-18(6-9-22)19-7-10-23(25-14-19)32(3,29)30/h5-10,12-14,20-21H,4,11,15-16H2,1-3H3. The van der Waals surface area contributed by atoms with Crippen molar-refractivity contribution in [2.75, 3.05) is 31.4 Å². The molecule has 0 spiro atoms. The average Bonchev–Trinajstić information content (AvgIpc) is 3.55. The Hall–Kier alpha value is -3.00. The van der Waals surface area contributed by atoms with E-state index >= 15 is 0 Å². The molecule has 8 heteroatoms. The second-order valence-electron chi connectivity index (χ2n) is 8.37. The Balaban J connectivity index is 1.26. The van der Waals surface area contributed by atoms with Gasteiger partial charge in [0.1, 0.15) is 5.75 Å². The van der Waals surface area contributed by atoms with Gasteiger partial charge < -0.3 is 9.64 Å². The molecule has 1 aromatic carbocycles. The number of sulfone groups is 1. The van der Waals surface area contributed by atoms with Crippen LogP contribution in [0.5, 0.6) is 5.75 Å². The highest BCUT2D eigenvalue weighted by molar-refractivity contribution is 7.90. The molecule has 1 aliphatic rings. The van der Waals surface area contributed by atoms with Crippen molar-refractivity contribution in [2.45, 2.75) is 24.8 Å². The van der Waals surface area contributed by atoms with Crippen LogP contribution in [-0.4, -0.2) is 49.8 Å². The summed E-state index contributed by atoms with van der Waals surface area (Å²) in [6.45, 7) is 3.72. The minimum Gasteiger partial charge on any atom is -0.493 e. The molecule has 7 nitrogen and oxygen atoms in total. The van der Waals surface area contributed by atoms with E-state index in [2.05, 4.69) is 26.8 Å². The Morgan fingerprint density at radius 1 is 0.969 bits per heavy atom. The summed E-state index contributed by atoms with van der Waals surface area (Å²) < 4.78 is 29.1. The first-order valence-corrected chi connectivity index (χ1v) is 12.6. The smallest absolute Gasteiger partial charge is 0.225 e. The summed E-state index contributed by atoms with van der Waals surface area (Å²) in [5, 5.41) is 0.0790. The van der Waals surface area contributed by atoms with Gasteiger partial charge in [-0.05, 0) is 60.1 Å². The third-order valence-corrected chi connectivity index (χ3v) is 6.79. The molecule has 0 N–H and O–H groups in total. The lowest BCUT2D eigenvalue weighted by atomic mass is 10.1. The molecule has 2 atom stereocenters. The van der Waals surface area contributed by atoms with Crippen LogP contribution in [0.3, 0.4) is 0 Å². The van der Waals surface area contributed by atoms with Crippen LogP contribution in [0.1, 0.15) is 18.9 Å². The van der Waals surface area contributed by atoms with E-state index in [1.54, 1.807) is 12.3 Å². The minimum atomic E-state index is -3.29. The average molecular weight is 453 g/mol. The van der Waals surface area contributed by atoms with Crippen LogP contribution in [0.25, 0.3) is 11.1 Å². The van der Waals surface area contributed by atoms with Crippen molar-refractivity contribution in [1.82, 2.24) is 15.0 Å². The lowest BCUT2D eigenvalue weighted by molar-refractivity contribution is 0.292. The summed E-state index contributed by atoms with van der Waals surface area (Å²) in [6.07, 6.45) is 8.61. The largest absolute Gasteiger partial charge is 0.493 e. The fraction of sp³-hybridized carbons (Fsp3) is 0.375. The first kappa shape index (κ1) is 22.2. The zero-order valence-corrected chi connectivity index (χ0v) is 19.4. The van der Waals surface area contributed by atoms with Gasteiger partial charge in [-0.3, -0.25) is 0 Å². The molecule has 2 heterocycles. The maximum absolute atomic E-state index is 11.5. The molecule has 0 saturated heterocycles. The monoisotopic (exact) mass is 452 g/mol. The van der Waals surface area contributed by atoms with Crippen LogP contribution >= 0.6 is 0 Å². The third kappa shape index (κ3) is 5.43. The van der Waals surface area contributed by atoms with Gasteiger partial charge in [0.05, 0.1) is 6.61 Å². The molecule has 32 heavy (non-hydrogen) atoms. The molecule has 0 bridgehead atoms. The van der Waals surface area contributed by atoms with Crippen LogP contribution in [0.4, 0.5) is 5.95 Å². The predicted molar refractivity (Wildman–Crippen MR) is 125 cm³/mol. The second kappa shape index (κ2) is 9.24. The van der Waals surface area contributed by atoms with Crippen LogP contribution < -0.4 is 9.64 Å². The molecule has 1 aliphatic carbocycles. The van der Waals surface area contributed by atoms with E-state index in [-0.39, 0.29) is 5.03 Å². The molecule has 0 aliphatic heterocycles. The van der Waals surface area contributed by atoms with Gasteiger partial charge >= 0.3 is 0 Å². The van der Waals surface area contributed by atoms with E-state index in [1.807, 2.05) is 43.7 Å². The minimum absolute atomic E-state index is 0.0790. The van der Waals surface area contributed by atoms with Crippen molar-refractivity contribution < 1.29 is 13.2 Å². The lowest BCUT2D eigenvalue weighted by Gasteiger charge is -2.17. The summed E-state index contributed by atoms with van der Waals surface area (Å²) >= 11 is 0. The third-order valence-electron chi connectivity index (χ3n) is 5.79. The number of pyridine rings is 1. The van der Waals surface area contributed by atoms with Gasteiger partial charge in [0.15, 0.2) is 14.9 Å². The predicted octanol–water partition coefficient (Wildman–Crippen LogP) is 3.66. The normalized spacial score (nSPS) is 17.7. The summed E-state index contributed by atoms with van der Waals surface area (Å²) in [5.74, 6) is 2.73. The fourth-order valence-electron chi connectivity index (χ4n) is 3.62. The van der Waals surface area contributed by atoms with Crippen molar-refractivity contribution in [3.05, 3.63) is 60.6 Å². The zero-order valence-electron chi connectivity index (χ0n) is 18.6. The maximum atomic E-state index is 11.5. The van der Waals surface area contributed by atoms with Crippen LogP contribution in [0.15, 0.2) is 60.0 Å². The molecule has 4 rings (SSSR count). The number of ether oxygens (including phenoxy) is 1. The summed E-state index contributed by atoms with van der Waals surface area (Å²) in [6, 6.07) is 11.1. The van der Waals surface area contributed by atoms with Crippen LogP contribution in [-0.2, 0) is 16.3 Å². The highest BCUT2D eigenvalue weighted by Gasteiger charge is 2.38. The number of aryl methyl sites for hydroxylation is 1. The van der Waals surface area contributed by atoms with Crippen LogP contribution in [0, 0.1) is 11.8 Å². The van der Waals surface area contributed by atoms with Crippen molar-refractivity contribution in [1.29, 1.82) is 0 Å². The molecular weight excluding hydrogens is 424 g/mol. The Bertz CT molecular complexity index is 1150. The Morgan fingerprint density at radius 2 is 1.66 bits per heavy atom. The van der Waals surface area contributed by atoms with Crippen LogP contribution in [0.2, 0.25) is 0 Å². The van der Waals surface area contributed by atoms with Gasteiger partial charge in [-0.2, -0.15) is 0 Å². The molecular formula is C24H28N4O3S. The van der Waals surface area contributed by atoms with Crippen molar-refractivity contribution >= 4 is 15.8 Å². The van der Waals surface area contributed by atoms with E-state index in [0.717, 1.165) is 54.0 Å². The van der Waals surface area contributed by atoms with Gasteiger partial charge in [0, 0.05) is 44.0 Å². The fourth-order valence-corrected chi connectivity index (χ4v) is 4.18. The maximum Gasteiger partial charge on any atom is 0.225 e. The Morgan fingerprint density at radius 3 is 2.25 bits per heavy atom. The van der Waals surface area contributed by atoms with Gasteiger partial charge in [-0.15, -0.1) is 0 Å². The number of nitrogens with zero attached hydrogens (tertiary/aromatic N) is 4. The van der Waals surface area contributed by atoms with E-state index < -0.39 is 9.84 Å². The quantitative estimate of drug-likeness (QED) is 0.490. The van der Waals surface area contributed by atoms with E-state index in [4.69, 9.17) is 4.74 Å². The molecule has 2 aromatic heterocycles. The molecule has 3 aromatic rings. The highest BCUT2D eigenvalue weighted by Crippen LogP contribution is 2.39. The molecule has 0 radical (unpaired) electrons. The number of benzene rings is 1. The van der Waals surface area contributed by atoms with Gasteiger partial charge in [0.2, 0.25) is 5.95 Å². The van der Waals surface area contributed by atoms with Crippen molar-refractivity contribution in [3.63, 3.8) is 0 Å². The number of anilines is 1. The zero-order chi connectivity index (χ0) is 22.7. The molecule has 0 amide bonds. The lowest BCUT2D eigenvalue weighted by Crippen LogP contribution is -2.23. The van der Waals surface area contributed by atoms with Gasteiger partial charge in [0.25, 0.3) is 0 Å². The van der Waals surface area contributed by atoms with Gasteiger partial charge in [-0.25, -0.2) is 23.4 Å². The molecule has 2 unspecified atom stereocenters. The highest BCUT2D eigenvalue weighted by atomic mass is 32.2. The molecule has 1 fully saturated rings. The number of aromatic nitrogens is 3. The van der Waals surface area contributed by atoms with Crippen molar-refractivity contribution in [3.8, 4) is 16.9 Å². The number of hydrogen-bond acceptors (Lipinski definition) is 7. The SMILES string of the molecule is CCc1cnc(N(C)CC2CC2COc2ccc(-c3ccc(S(C)(=O)=O)nc3)cc2)nc1. The van der Waals surface area contributed by atoms with Gasteiger partial charge in [-0.1, -0.05) is 19.1 Å². The van der Waals surface area contributed by atoms with E-state index in [0.29, 0.717) is 18.4 Å². The number of rotatable bonds is 9. The Labute approximate surface area is 189 Å². The molecule has 1 saturated carbocycles. The number of hydrogen-bond donors (Lipinski definition) is 0. The molecule has 168 valence electrons. The first-order chi connectivity index (χ1) is 15.3. The summed E-state index contributed by atoms with van der Waals surface area (Å²) in [5.41, 5.74) is 2.97. The van der Waals surface area contributed by atoms with E-state index in [1.165, 1.54) is 6.07 Å². The Kier molecular flexibility index (Phi) is 6.41. The van der Waals surface area contributed by atoms with Crippen molar-refractivity contribution in [2.24, 2.45) is 11.8 Å². The second-order valence-corrected chi connectivity index (χ2v) is 10.3. The van der Waals surface area contributed by atoms with E-state index in [9.17, 15) is 8.42 Å².